The first-order chi connectivity index (χ1) is 13.8. The molecule has 14 heteroatoms. The number of carbonyl (C=O) groups excluding carboxylic acids is 3. The largest absolute Gasteiger partial charge is 2.00 e. The number of nitrogens with zero attached hydrogens (tertiary/aromatic N) is 2. The van der Waals surface area contributed by atoms with Crippen molar-refractivity contribution in [3.63, 3.8) is 0 Å². The molecule has 0 aliphatic heterocycles. The van der Waals surface area contributed by atoms with Gasteiger partial charge < -0.3 is 36.8 Å². The second-order valence-corrected chi connectivity index (χ2v) is 6.12. The second-order valence-electron chi connectivity index (χ2n) is 6.12. The van der Waals surface area contributed by atoms with Gasteiger partial charge in [0.1, 0.15) is 12.6 Å². The molecule has 2 rings (SSSR count). The molecule has 2 heterocycles. The van der Waals surface area contributed by atoms with Crippen LogP contribution in [0.25, 0.3) is 0 Å². The first-order valence-corrected chi connectivity index (χ1v) is 8.61. The van der Waals surface area contributed by atoms with Gasteiger partial charge in [-0.05, 0) is 0 Å². The fourth-order valence-corrected chi connectivity index (χ4v) is 2.38. The van der Waals surface area contributed by atoms with E-state index in [0.29, 0.717) is 11.4 Å². The Morgan fingerprint density at radius 2 is 1.53 bits per heavy atom. The van der Waals surface area contributed by atoms with E-state index in [2.05, 4.69) is 35.9 Å². The van der Waals surface area contributed by atoms with E-state index in [1.54, 1.807) is 0 Å². The Hall–Kier alpha value is -3.22. The summed E-state index contributed by atoms with van der Waals surface area (Å²) in [5.74, 6) is -3.08. The molecular weight excluding hydrogens is 448 g/mol. The van der Waals surface area contributed by atoms with Gasteiger partial charge >= 0.3 is 23.0 Å². The molecule has 0 saturated heterocycles. The number of aromatic amines is 2. The van der Waals surface area contributed by atoms with Crippen LogP contribution >= 0.6 is 0 Å². The van der Waals surface area contributed by atoms with Crippen molar-refractivity contribution in [2.24, 2.45) is 5.73 Å². The number of aromatic nitrogens is 4. The predicted molar refractivity (Wildman–Crippen MR) is 98.1 cm³/mol. The van der Waals surface area contributed by atoms with E-state index >= 15 is 0 Å². The minimum absolute atomic E-state index is 0. The number of H-pyrrole nitrogens is 2. The van der Waals surface area contributed by atoms with E-state index in [9.17, 15) is 19.2 Å². The summed E-state index contributed by atoms with van der Waals surface area (Å²) >= 11 is 0. The molecule has 2 aromatic heterocycles. The van der Waals surface area contributed by atoms with E-state index in [1.807, 2.05) is 0 Å². The zero-order valence-corrected chi connectivity index (χ0v) is 16.6. The van der Waals surface area contributed by atoms with Crippen LogP contribution in [0.4, 0.5) is 0 Å². The fraction of sp³-hybridized carbons (Fsp3) is 0.375. The van der Waals surface area contributed by atoms with Crippen molar-refractivity contribution in [1.82, 2.24) is 35.9 Å². The number of amides is 3. The molecule has 0 aliphatic carbocycles. The van der Waals surface area contributed by atoms with Crippen LogP contribution in [-0.4, -0.2) is 73.9 Å². The van der Waals surface area contributed by atoms with Crippen molar-refractivity contribution in [3.8, 4) is 0 Å². The number of carboxylic acids is 1. The molecule has 0 spiro atoms. The quantitative estimate of drug-likeness (QED) is 0.169. The van der Waals surface area contributed by atoms with Crippen LogP contribution in [0.3, 0.4) is 0 Å². The van der Waals surface area contributed by atoms with E-state index in [0.717, 1.165) is 0 Å². The summed E-state index contributed by atoms with van der Waals surface area (Å²) in [5, 5.41) is 15.7. The van der Waals surface area contributed by atoms with Crippen LogP contribution in [0.1, 0.15) is 11.4 Å². The van der Waals surface area contributed by atoms with Crippen LogP contribution in [0.5, 0.6) is 0 Å². The van der Waals surface area contributed by atoms with Crippen molar-refractivity contribution >= 4 is 23.7 Å². The Kier molecular flexibility index (Phi) is 10.2. The van der Waals surface area contributed by atoms with Gasteiger partial charge in [-0.2, -0.15) is 0 Å². The molecule has 0 saturated carbocycles. The number of aliphatic carboxylic acids is 1. The predicted octanol–water partition coefficient (Wildman–Crippen LogP) is -2.96. The van der Waals surface area contributed by atoms with Gasteiger partial charge in [0, 0.05) is 36.6 Å². The van der Waals surface area contributed by atoms with Crippen molar-refractivity contribution in [2.45, 2.75) is 24.9 Å². The maximum atomic E-state index is 12.2. The van der Waals surface area contributed by atoms with Crippen molar-refractivity contribution in [3.05, 3.63) is 36.4 Å². The summed E-state index contributed by atoms with van der Waals surface area (Å²) < 4.78 is 0. The summed E-state index contributed by atoms with van der Waals surface area (Å²) in [6.45, 7) is -0.992. The molecule has 0 fully saturated rings. The van der Waals surface area contributed by atoms with E-state index < -0.39 is 48.9 Å². The average Bonchev–Trinajstić information content (AvgIpc) is 3.37. The molecule has 2 aromatic rings. The molecule has 0 aliphatic rings. The number of hydrogen-bond donors (Lipinski definition) is 7. The zero-order valence-electron chi connectivity index (χ0n) is 15.6. The van der Waals surface area contributed by atoms with E-state index in [-0.39, 0.29) is 29.9 Å². The third-order valence-corrected chi connectivity index (χ3v) is 3.80. The molecule has 13 nitrogen and oxygen atoms in total. The molecule has 0 bridgehead atoms. The summed E-state index contributed by atoms with van der Waals surface area (Å²) in [5.41, 5.74) is 7.01. The van der Waals surface area contributed by atoms with Crippen LogP contribution < -0.4 is 21.7 Å². The Morgan fingerprint density at radius 1 is 0.967 bits per heavy atom. The average molecular weight is 470 g/mol. The molecule has 8 N–H and O–H groups in total. The van der Waals surface area contributed by atoms with Gasteiger partial charge in [0.25, 0.3) is 0 Å². The number of hydrogen-bond acceptors (Lipinski definition) is 7. The molecule has 30 heavy (non-hydrogen) atoms. The third kappa shape index (κ3) is 8.43. The van der Waals surface area contributed by atoms with Gasteiger partial charge in [-0.15, -0.1) is 0 Å². The number of nitrogens with one attached hydrogen (secondary N) is 5. The minimum Gasteiger partial charge on any atom is -0.480 e. The third-order valence-electron chi connectivity index (χ3n) is 3.80. The van der Waals surface area contributed by atoms with Gasteiger partial charge in [0.15, 0.2) is 0 Å². The normalized spacial score (nSPS) is 12.2. The summed E-state index contributed by atoms with van der Waals surface area (Å²) in [4.78, 5) is 60.3. The molecule has 3 amide bonds. The number of nitrogens with two attached hydrogens (primary N) is 1. The Labute approximate surface area is 181 Å². The topological polar surface area (TPSA) is 208 Å². The van der Waals surface area contributed by atoms with Gasteiger partial charge in [-0.25, -0.2) is 9.97 Å². The van der Waals surface area contributed by atoms with Crippen LogP contribution in [0, 0.1) is 0 Å². The summed E-state index contributed by atoms with van der Waals surface area (Å²) in [6, 6.07) is -1.94. The smallest absolute Gasteiger partial charge is 0.480 e. The van der Waals surface area contributed by atoms with Gasteiger partial charge in [-0.3, -0.25) is 19.2 Å². The van der Waals surface area contributed by atoms with Crippen LogP contribution in [0.2, 0.25) is 0 Å². The molecule has 0 aromatic carbocycles. The van der Waals surface area contributed by atoms with Gasteiger partial charge in [-0.1, -0.05) is 0 Å². The van der Waals surface area contributed by atoms with Gasteiger partial charge in [0.2, 0.25) is 17.7 Å². The molecular formula is C16H22CuN8O5+2. The molecule has 1 radical (unpaired) electrons. The van der Waals surface area contributed by atoms with Crippen LogP contribution in [-0.2, 0) is 49.1 Å². The molecule has 0 unspecified atom stereocenters. The first-order valence-electron chi connectivity index (χ1n) is 8.61. The van der Waals surface area contributed by atoms with Gasteiger partial charge in [0.05, 0.1) is 25.2 Å². The van der Waals surface area contributed by atoms with E-state index in [1.165, 1.54) is 25.0 Å². The number of imidazole rings is 2. The molecule has 165 valence electrons. The summed E-state index contributed by atoms with van der Waals surface area (Å²) in [7, 11) is 0. The number of carboxylic acid groups (broad SMARTS) is 1. The zero-order chi connectivity index (χ0) is 21.2. The Balaban J connectivity index is 0.00000450. The standard InChI is InChI=1S/C16H22N8O5.Cu/c17-11(1-9-3-18-7-22-9)15(28)20-5-13(25)24-12(2-10-4-19-8-23-10)16(29)21-6-14(26)27;/h3-4,7-8,11-12H,1-2,5-6,17H2,(H,18,22)(H,19,23)(H,20,28)(H,21,29)(H,24,25)(H,26,27);/q;+2/t11-,12-;/m0./s1. The van der Waals surface area contributed by atoms with Crippen LogP contribution in [0.15, 0.2) is 25.0 Å². The van der Waals surface area contributed by atoms with Crippen molar-refractivity contribution in [2.75, 3.05) is 13.1 Å². The number of rotatable bonds is 11. The summed E-state index contributed by atoms with van der Waals surface area (Å²) in [6.07, 6.45) is 6.15. The maximum Gasteiger partial charge on any atom is 2.00 e. The minimum atomic E-state index is -1.22. The monoisotopic (exact) mass is 469 g/mol. The fourth-order valence-electron chi connectivity index (χ4n) is 2.38. The number of carbonyl (C=O) groups is 4. The van der Waals surface area contributed by atoms with E-state index in [4.69, 9.17) is 10.8 Å². The first kappa shape index (κ1) is 24.8. The second kappa shape index (κ2) is 12.4. The Bertz CT molecular complexity index is 827. The molecule has 2 atom stereocenters. The Morgan fingerprint density at radius 3 is 2.07 bits per heavy atom. The SMILES string of the molecule is N[C@@H](Cc1cnc[nH]1)C(=O)NCC(=O)N[C@@H](Cc1cnc[nH]1)C(=O)NCC(=O)O.[Cu+2]. The van der Waals surface area contributed by atoms with Crippen molar-refractivity contribution < 1.29 is 41.4 Å². The maximum absolute atomic E-state index is 12.2. The van der Waals surface area contributed by atoms with Crippen molar-refractivity contribution in [1.29, 1.82) is 0 Å².